The molecule has 0 saturated heterocycles. The molecule has 30 heavy (non-hydrogen) atoms. The predicted molar refractivity (Wildman–Crippen MR) is 127 cm³/mol. The molecular weight excluding hydrogens is 400 g/mol. The number of fused-ring (bicyclic) bond motifs is 1. The van der Waals surface area contributed by atoms with E-state index < -0.39 is 0 Å². The zero-order chi connectivity index (χ0) is 21.5. The molecule has 0 saturated carbocycles. The molecule has 0 aliphatic heterocycles. The summed E-state index contributed by atoms with van der Waals surface area (Å²) < 4.78 is 5.80. The van der Waals surface area contributed by atoms with E-state index in [2.05, 4.69) is 97.0 Å². The Morgan fingerprint density at radius 2 is 1.40 bits per heavy atom. The molecule has 3 aromatic carbocycles. The van der Waals surface area contributed by atoms with Gasteiger partial charge < -0.3 is 4.74 Å². The van der Waals surface area contributed by atoms with Crippen LogP contribution in [0.2, 0.25) is 0 Å². The fraction of sp³-hybridized carbons (Fsp3) is 0.321. The molecule has 0 fully saturated rings. The minimum absolute atomic E-state index is 0. The van der Waals surface area contributed by atoms with E-state index in [1.807, 2.05) is 36.6 Å². The van der Waals surface area contributed by atoms with Crippen LogP contribution in [0.1, 0.15) is 48.5 Å². The Hall–Kier alpha value is -1.96. The Morgan fingerprint density at radius 3 is 1.97 bits per heavy atom. The summed E-state index contributed by atoms with van der Waals surface area (Å²) in [5.74, 6) is 0.871. The van der Waals surface area contributed by atoms with Gasteiger partial charge in [0.15, 0.2) is 0 Å². The smallest absolute Gasteiger partial charge is 0.126 e. The van der Waals surface area contributed by atoms with Crippen LogP contribution in [0.15, 0.2) is 96.3 Å². The summed E-state index contributed by atoms with van der Waals surface area (Å²) in [7, 11) is 0. The third-order valence-electron chi connectivity index (χ3n) is 5.03. The molecule has 0 N–H and O–H groups in total. The van der Waals surface area contributed by atoms with Gasteiger partial charge in [0, 0.05) is 21.7 Å². The van der Waals surface area contributed by atoms with E-state index in [4.69, 9.17) is 4.74 Å². The van der Waals surface area contributed by atoms with Crippen molar-refractivity contribution < 1.29 is 26.5 Å². The van der Waals surface area contributed by atoms with Crippen LogP contribution < -0.4 is 4.74 Å². The molecule has 0 amide bonds. The van der Waals surface area contributed by atoms with Gasteiger partial charge in [0.2, 0.25) is 0 Å². The van der Waals surface area contributed by atoms with E-state index in [1.54, 1.807) is 0 Å². The second kappa shape index (κ2) is 11.4. The van der Waals surface area contributed by atoms with Gasteiger partial charge in [-0.2, -0.15) is 17.5 Å². The van der Waals surface area contributed by atoms with Gasteiger partial charge in [0.1, 0.15) is 5.75 Å². The zero-order valence-corrected chi connectivity index (χ0v) is 21.1. The van der Waals surface area contributed by atoms with E-state index in [9.17, 15) is 0 Å². The van der Waals surface area contributed by atoms with Crippen molar-refractivity contribution in [3.8, 4) is 5.75 Å². The Labute approximate surface area is 198 Å². The summed E-state index contributed by atoms with van der Waals surface area (Å²) in [5, 5.41) is 2.66. The molecule has 3 aromatic rings. The number of rotatable bonds is 3. The monoisotopic (exact) mass is 435 g/mol. The standard InChI is InChI=1S/C19H28O.C9H7.Ti/c1-15(18(2,3)4)13-16(19(5,6)7)14-20-17-11-9-8-10-12-17;1-2-5-9-7-3-6-8(9)4-1;/h8-14H,1-7H3;1-7H;/q;-1;. The second-order valence-electron chi connectivity index (χ2n) is 9.49. The molecule has 2 heteroatoms. The Balaban J connectivity index is 0.000000371. The van der Waals surface area contributed by atoms with E-state index in [0.717, 1.165) is 5.75 Å². The van der Waals surface area contributed by atoms with Crippen molar-refractivity contribution in [2.24, 2.45) is 10.8 Å². The summed E-state index contributed by atoms with van der Waals surface area (Å²) in [4.78, 5) is 0. The average molecular weight is 435 g/mol. The predicted octanol–water partition coefficient (Wildman–Crippen LogP) is 8.54. The van der Waals surface area contributed by atoms with E-state index in [0.29, 0.717) is 0 Å². The zero-order valence-electron chi connectivity index (χ0n) is 19.5. The SMILES string of the molecule is CC(=CC(=COc1ccccc1)C(C)(C)C)C(C)(C)C.[Ti].c1ccc2[cH-]ccc2c1. The van der Waals surface area contributed by atoms with Gasteiger partial charge in [-0.25, -0.2) is 0 Å². The summed E-state index contributed by atoms with van der Waals surface area (Å²) in [6, 6.07) is 24.6. The molecule has 0 atom stereocenters. The topological polar surface area (TPSA) is 9.23 Å². The molecule has 1 nitrogen and oxygen atoms in total. The minimum Gasteiger partial charge on any atom is -0.465 e. The maximum atomic E-state index is 5.80. The molecule has 0 aliphatic carbocycles. The molecule has 0 aromatic heterocycles. The normalized spacial score (nSPS) is 12.6. The van der Waals surface area contributed by atoms with Crippen LogP contribution in [-0.2, 0) is 21.7 Å². The van der Waals surface area contributed by atoms with Crippen LogP contribution in [0.4, 0.5) is 0 Å². The number of benzene rings is 2. The first-order valence-corrected chi connectivity index (χ1v) is 10.3. The Morgan fingerprint density at radius 1 is 0.800 bits per heavy atom. The number of para-hydroxylation sites is 1. The number of ether oxygens (including phenoxy) is 1. The molecule has 0 bridgehead atoms. The summed E-state index contributed by atoms with van der Waals surface area (Å²) in [5.41, 5.74) is 2.79. The molecule has 3 rings (SSSR count). The van der Waals surface area contributed by atoms with Gasteiger partial charge in [-0.05, 0) is 35.5 Å². The van der Waals surface area contributed by atoms with Gasteiger partial charge in [0.05, 0.1) is 6.26 Å². The van der Waals surface area contributed by atoms with Crippen LogP contribution in [0, 0.1) is 10.8 Å². The molecule has 158 valence electrons. The van der Waals surface area contributed by atoms with Gasteiger partial charge in [-0.1, -0.05) is 77.5 Å². The van der Waals surface area contributed by atoms with Crippen LogP contribution >= 0.6 is 0 Å². The van der Waals surface area contributed by atoms with Gasteiger partial charge in [-0.15, -0.1) is 29.7 Å². The fourth-order valence-electron chi connectivity index (χ4n) is 2.58. The van der Waals surface area contributed by atoms with Gasteiger partial charge in [-0.3, -0.25) is 0 Å². The quantitative estimate of drug-likeness (QED) is 0.173. The molecule has 0 radical (unpaired) electrons. The number of hydrogen-bond acceptors (Lipinski definition) is 1. The van der Waals surface area contributed by atoms with Crippen molar-refractivity contribution in [2.75, 3.05) is 0 Å². The van der Waals surface area contributed by atoms with Crippen molar-refractivity contribution in [1.29, 1.82) is 0 Å². The summed E-state index contributed by atoms with van der Waals surface area (Å²) in [6.07, 6.45) is 4.13. The van der Waals surface area contributed by atoms with E-state index >= 15 is 0 Å². The molecule has 0 aliphatic rings. The van der Waals surface area contributed by atoms with Crippen molar-refractivity contribution in [3.63, 3.8) is 0 Å². The first-order chi connectivity index (χ1) is 13.6. The molecule has 0 heterocycles. The third-order valence-corrected chi connectivity index (χ3v) is 5.03. The number of hydrogen-bond donors (Lipinski definition) is 0. The first kappa shape index (κ1) is 26.1. The summed E-state index contributed by atoms with van der Waals surface area (Å²) in [6.45, 7) is 15.5. The van der Waals surface area contributed by atoms with Crippen LogP contribution in [0.5, 0.6) is 5.75 Å². The van der Waals surface area contributed by atoms with Crippen molar-refractivity contribution in [3.05, 3.63) is 96.3 Å². The Kier molecular flexibility index (Phi) is 9.94. The van der Waals surface area contributed by atoms with Crippen LogP contribution in [0.25, 0.3) is 10.8 Å². The Bertz CT molecular complexity index is 917. The first-order valence-electron chi connectivity index (χ1n) is 10.3. The van der Waals surface area contributed by atoms with Gasteiger partial charge in [0.25, 0.3) is 0 Å². The summed E-state index contributed by atoms with van der Waals surface area (Å²) >= 11 is 0. The second-order valence-corrected chi connectivity index (χ2v) is 9.49. The van der Waals surface area contributed by atoms with Gasteiger partial charge >= 0.3 is 0 Å². The third kappa shape index (κ3) is 8.42. The van der Waals surface area contributed by atoms with Crippen LogP contribution in [-0.4, -0.2) is 0 Å². The van der Waals surface area contributed by atoms with Crippen molar-refractivity contribution in [1.82, 2.24) is 0 Å². The molecule has 0 unspecified atom stereocenters. The maximum Gasteiger partial charge on any atom is 0.126 e. The van der Waals surface area contributed by atoms with E-state index in [-0.39, 0.29) is 32.5 Å². The fourth-order valence-corrected chi connectivity index (χ4v) is 2.58. The van der Waals surface area contributed by atoms with E-state index in [1.165, 1.54) is 21.9 Å². The van der Waals surface area contributed by atoms with Crippen LogP contribution in [0.3, 0.4) is 0 Å². The molecule has 0 spiro atoms. The molecular formula is C28H35OTi-. The largest absolute Gasteiger partial charge is 0.465 e. The maximum absolute atomic E-state index is 5.80. The number of allylic oxidation sites excluding steroid dienone is 3. The minimum atomic E-state index is 0. The van der Waals surface area contributed by atoms with Crippen molar-refractivity contribution in [2.45, 2.75) is 48.5 Å². The average Bonchev–Trinajstić information content (AvgIpc) is 3.13. The van der Waals surface area contributed by atoms with Crippen molar-refractivity contribution >= 4 is 10.8 Å².